The summed E-state index contributed by atoms with van der Waals surface area (Å²) >= 11 is 1.54. The quantitative estimate of drug-likeness (QED) is 0.212. The molecule has 0 saturated carbocycles. The van der Waals surface area contributed by atoms with Gasteiger partial charge in [0, 0.05) is 18.1 Å². The lowest BCUT2D eigenvalue weighted by molar-refractivity contribution is -0.389. The molecule has 216 valence electrons. The van der Waals surface area contributed by atoms with Crippen molar-refractivity contribution >= 4 is 32.5 Å². The average Bonchev–Trinajstić information content (AvgIpc) is 3.60. The lowest BCUT2D eigenvalue weighted by Crippen LogP contribution is -2.47. The van der Waals surface area contributed by atoms with Crippen LogP contribution in [0.1, 0.15) is 6.92 Å². The molecule has 1 fully saturated rings. The number of thiazole rings is 1. The van der Waals surface area contributed by atoms with Gasteiger partial charge in [0.15, 0.2) is 10.7 Å². The molecule has 0 amide bonds. The fourth-order valence-electron chi connectivity index (χ4n) is 4.53. The number of imidazole rings is 1. The van der Waals surface area contributed by atoms with E-state index in [9.17, 15) is 23.3 Å². The Bertz CT molecular complexity index is 1540. The number of aromatic nitrogens is 3. The number of halogens is 3. The summed E-state index contributed by atoms with van der Waals surface area (Å²) in [5, 5.41) is 13.5. The first-order valence-electron chi connectivity index (χ1n) is 12.5. The fraction of sp³-hybridized carbons (Fsp3) is 0.360. The van der Waals surface area contributed by atoms with Crippen molar-refractivity contribution < 1.29 is 37.1 Å². The van der Waals surface area contributed by atoms with E-state index in [1.165, 1.54) is 30.5 Å². The van der Waals surface area contributed by atoms with E-state index in [0.29, 0.717) is 44.2 Å². The summed E-state index contributed by atoms with van der Waals surface area (Å²) in [4.78, 5) is 27.0. The molecule has 4 aromatic rings. The lowest BCUT2D eigenvalue weighted by Gasteiger charge is -2.33. The number of rotatable bonds is 8. The maximum absolute atomic E-state index is 12.3. The largest absolute Gasteiger partial charge is 0.573 e. The van der Waals surface area contributed by atoms with Crippen molar-refractivity contribution in [1.82, 2.24) is 19.6 Å². The Morgan fingerprint density at radius 1 is 1.07 bits per heavy atom. The van der Waals surface area contributed by atoms with E-state index in [-0.39, 0.29) is 24.2 Å². The third-order valence-corrected chi connectivity index (χ3v) is 7.53. The molecule has 0 aliphatic carbocycles. The number of fused-ring (bicyclic) bond motifs is 2. The summed E-state index contributed by atoms with van der Waals surface area (Å²) in [6.45, 7) is 4.92. The molecule has 1 atom stereocenters. The first-order chi connectivity index (χ1) is 19.5. The predicted molar refractivity (Wildman–Crippen MR) is 141 cm³/mol. The molecule has 2 aromatic heterocycles. The molecule has 0 radical (unpaired) electrons. The molecule has 16 heteroatoms. The average molecular weight is 593 g/mol. The monoisotopic (exact) mass is 592 g/mol. The predicted octanol–water partition coefficient (Wildman–Crippen LogP) is 4.65. The van der Waals surface area contributed by atoms with Gasteiger partial charge in [-0.15, -0.1) is 18.2 Å². The third kappa shape index (κ3) is 6.07. The highest BCUT2D eigenvalue weighted by molar-refractivity contribution is 7.22. The Labute approximate surface area is 234 Å². The van der Waals surface area contributed by atoms with E-state index in [1.807, 2.05) is 25.1 Å². The maximum Gasteiger partial charge on any atom is 0.573 e. The van der Waals surface area contributed by atoms with Crippen molar-refractivity contribution in [3.63, 3.8) is 0 Å². The molecule has 2 aliphatic heterocycles. The molecule has 41 heavy (non-hydrogen) atoms. The molecule has 1 saturated heterocycles. The smallest absolute Gasteiger partial charge is 0.489 e. The van der Waals surface area contributed by atoms with Crippen LogP contribution in [0.2, 0.25) is 0 Å². The standard InChI is InChI=1S/C25H23F3N6O6S/c1-24(14-32-13-21(34(35)36)30-22(32)39-24)15-37-18-6-7-19-20(12-18)41-23(29-19)31-8-10-33(11-9-31)40-17-4-2-16(3-5-17)38-25(26,27)28/h2-7,12-13H,8-11,14-15H2,1H3. The number of hydrogen-bond donors (Lipinski definition) is 0. The van der Waals surface area contributed by atoms with Crippen molar-refractivity contribution in [1.29, 1.82) is 0 Å². The number of hydrogen-bond acceptors (Lipinski definition) is 11. The minimum atomic E-state index is -4.74. The second-order valence-electron chi connectivity index (χ2n) is 9.76. The van der Waals surface area contributed by atoms with Gasteiger partial charge in [-0.05, 0) is 54.3 Å². The zero-order valence-electron chi connectivity index (χ0n) is 21.5. The van der Waals surface area contributed by atoms with Crippen LogP contribution in [-0.2, 0) is 6.54 Å². The Morgan fingerprint density at radius 3 is 2.46 bits per heavy atom. The van der Waals surface area contributed by atoms with Gasteiger partial charge in [0.2, 0.25) is 0 Å². The summed E-state index contributed by atoms with van der Waals surface area (Å²) in [7, 11) is 0. The number of hydroxylamine groups is 2. The van der Waals surface area contributed by atoms with Gasteiger partial charge < -0.3 is 34.1 Å². The Hall–Kier alpha value is -4.31. The summed E-state index contributed by atoms with van der Waals surface area (Å²) in [5.41, 5.74) is 0.124. The molecule has 1 unspecified atom stereocenters. The number of nitrogens with zero attached hydrogens (tertiary/aromatic N) is 6. The van der Waals surface area contributed by atoms with Crippen molar-refractivity contribution in [2.24, 2.45) is 0 Å². The van der Waals surface area contributed by atoms with Gasteiger partial charge in [0.05, 0.1) is 29.9 Å². The van der Waals surface area contributed by atoms with Gasteiger partial charge in [-0.3, -0.25) is 4.57 Å². The van der Waals surface area contributed by atoms with Crippen molar-refractivity contribution in [3.05, 3.63) is 58.8 Å². The number of benzene rings is 2. The number of nitro groups is 1. The van der Waals surface area contributed by atoms with Gasteiger partial charge >= 0.3 is 18.2 Å². The molecule has 2 aromatic carbocycles. The topological polar surface area (TPSA) is 117 Å². The second kappa shape index (κ2) is 10.3. The third-order valence-electron chi connectivity index (χ3n) is 6.45. The SMILES string of the molecule is CC1(COc2ccc3nc(N4CCN(Oc5ccc(OC(F)(F)F)cc5)CC4)sc3c2)Cn2cc([N+](=O)[O-])nc2O1. The zero-order chi connectivity index (χ0) is 28.8. The number of anilines is 1. The van der Waals surface area contributed by atoms with E-state index in [2.05, 4.69) is 14.6 Å². The Balaban J connectivity index is 1.02. The minimum Gasteiger partial charge on any atom is -0.489 e. The summed E-state index contributed by atoms with van der Waals surface area (Å²) < 4.78 is 55.3. The van der Waals surface area contributed by atoms with E-state index in [1.54, 1.807) is 21.0 Å². The van der Waals surface area contributed by atoms with Crippen LogP contribution in [0, 0.1) is 10.1 Å². The van der Waals surface area contributed by atoms with Crippen LogP contribution in [0.5, 0.6) is 23.3 Å². The van der Waals surface area contributed by atoms with E-state index < -0.39 is 16.9 Å². The second-order valence-corrected chi connectivity index (χ2v) is 10.8. The van der Waals surface area contributed by atoms with Crippen LogP contribution in [-0.4, -0.2) is 69.3 Å². The summed E-state index contributed by atoms with van der Waals surface area (Å²) in [6.07, 6.45) is -3.39. The van der Waals surface area contributed by atoms with Crippen LogP contribution in [0.15, 0.2) is 48.7 Å². The van der Waals surface area contributed by atoms with E-state index in [4.69, 9.17) is 19.3 Å². The fourth-order valence-corrected chi connectivity index (χ4v) is 5.58. The van der Waals surface area contributed by atoms with Crippen molar-refractivity contribution in [3.8, 4) is 23.3 Å². The summed E-state index contributed by atoms with van der Waals surface area (Å²) in [5.74, 6) is 0.513. The van der Waals surface area contributed by atoms with Gasteiger partial charge in [0.25, 0.3) is 0 Å². The molecule has 2 aliphatic rings. The van der Waals surface area contributed by atoms with Crippen molar-refractivity contribution in [2.45, 2.75) is 25.4 Å². The van der Waals surface area contributed by atoms with E-state index in [0.717, 1.165) is 15.3 Å². The normalized spacial score (nSPS) is 19.2. The van der Waals surface area contributed by atoms with Gasteiger partial charge in [0.1, 0.15) is 30.1 Å². The Morgan fingerprint density at radius 2 is 1.78 bits per heavy atom. The minimum absolute atomic E-state index is 0.198. The number of ether oxygens (including phenoxy) is 3. The highest BCUT2D eigenvalue weighted by atomic mass is 32.1. The van der Waals surface area contributed by atoms with Crippen LogP contribution in [0.3, 0.4) is 0 Å². The number of alkyl halides is 3. The lowest BCUT2D eigenvalue weighted by atomic mass is 10.1. The van der Waals surface area contributed by atoms with Crippen LogP contribution in [0.25, 0.3) is 10.2 Å². The van der Waals surface area contributed by atoms with Crippen LogP contribution < -0.4 is 23.9 Å². The number of piperazine rings is 1. The highest BCUT2D eigenvalue weighted by Gasteiger charge is 2.41. The maximum atomic E-state index is 12.3. The summed E-state index contributed by atoms with van der Waals surface area (Å²) in [6, 6.07) is 11.1. The molecular formula is C25H23F3N6O6S. The Kier molecular flexibility index (Phi) is 6.73. The van der Waals surface area contributed by atoms with Gasteiger partial charge in [-0.25, -0.2) is 4.98 Å². The first kappa shape index (κ1) is 26.9. The highest BCUT2D eigenvalue weighted by Crippen LogP contribution is 2.34. The molecule has 0 spiro atoms. The molecule has 0 N–H and O–H groups in total. The van der Waals surface area contributed by atoms with E-state index >= 15 is 0 Å². The molecule has 6 rings (SSSR count). The van der Waals surface area contributed by atoms with Gasteiger partial charge in [-0.1, -0.05) is 11.3 Å². The molecule has 12 nitrogen and oxygen atoms in total. The molecular weight excluding hydrogens is 569 g/mol. The zero-order valence-corrected chi connectivity index (χ0v) is 22.4. The van der Waals surface area contributed by atoms with Gasteiger partial charge in [-0.2, -0.15) is 0 Å². The van der Waals surface area contributed by atoms with Crippen LogP contribution >= 0.6 is 11.3 Å². The molecule has 0 bridgehead atoms. The first-order valence-corrected chi connectivity index (χ1v) is 13.3. The van der Waals surface area contributed by atoms with Crippen LogP contribution in [0.4, 0.5) is 24.1 Å². The molecule has 4 heterocycles. The van der Waals surface area contributed by atoms with Crippen molar-refractivity contribution in [2.75, 3.05) is 37.7 Å².